The van der Waals surface area contributed by atoms with Crippen molar-refractivity contribution in [3.8, 4) is 0 Å². The Morgan fingerprint density at radius 2 is 2.00 bits per heavy atom. The van der Waals surface area contributed by atoms with Gasteiger partial charge in [-0.25, -0.2) is 0 Å². The maximum absolute atomic E-state index is 9.32. The molecule has 0 atom stereocenters. The molecule has 20 heavy (non-hydrogen) atoms. The Morgan fingerprint density at radius 3 is 2.55 bits per heavy atom. The molecule has 0 spiro atoms. The van der Waals surface area contributed by atoms with Crippen LogP contribution in [0.25, 0.3) is 0 Å². The van der Waals surface area contributed by atoms with Crippen LogP contribution in [0.1, 0.15) is 44.7 Å². The standard InChI is InChI=1S/C17H28N2O/c1-13-5-8-16(19(9-10-20)15-6-7-15)14(11-13)12-18-17(2,3)4/h5,8,11,15,18,20H,6-7,9-10,12H2,1-4H3. The van der Waals surface area contributed by atoms with Gasteiger partial charge in [0.05, 0.1) is 6.61 Å². The van der Waals surface area contributed by atoms with Gasteiger partial charge < -0.3 is 15.3 Å². The van der Waals surface area contributed by atoms with E-state index in [0.29, 0.717) is 6.04 Å². The second-order valence-corrected chi connectivity index (χ2v) is 6.88. The Morgan fingerprint density at radius 1 is 1.30 bits per heavy atom. The Hall–Kier alpha value is -1.06. The average Bonchev–Trinajstić information content (AvgIpc) is 3.17. The summed E-state index contributed by atoms with van der Waals surface area (Å²) in [5.41, 5.74) is 4.02. The van der Waals surface area contributed by atoms with Gasteiger partial charge in [-0.1, -0.05) is 17.7 Å². The van der Waals surface area contributed by atoms with Gasteiger partial charge in [0.2, 0.25) is 0 Å². The van der Waals surface area contributed by atoms with E-state index >= 15 is 0 Å². The largest absolute Gasteiger partial charge is 0.395 e. The van der Waals surface area contributed by atoms with Gasteiger partial charge in [-0.15, -0.1) is 0 Å². The lowest BCUT2D eigenvalue weighted by atomic mass is 10.0. The molecule has 0 radical (unpaired) electrons. The molecule has 0 aliphatic heterocycles. The second kappa shape index (κ2) is 6.15. The Bertz CT molecular complexity index is 447. The number of nitrogens with one attached hydrogen (secondary N) is 1. The van der Waals surface area contributed by atoms with Gasteiger partial charge in [0.25, 0.3) is 0 Å². The SMILES string of the molecule is Cc1ccc(N(CCO)C2CC2)c(CNC(C)(C)C)c1. The van der Waals surface area contributed by atoms with Crippen molar-refractivity contribution < 1.29 is 5.11 Å². The lowest BCUT2D eigenvalue weighted by molar-refractivity contribution is 0.301. The van der Waals surface area contributed by atoms with Gasteiger partial charge in [0.15, 0.2) is 0 Å². The molecule has 112 valence electrons. The van der Waals surface area contributed by atoms with Gasteiger partial charge in [0.1, 0.15) is 0 Å². The Balaban J connectivity index is 2.21. The van der Waals surface area contributed by atoms with Crippen LogP contribution in [0.15, 0.2) is 18.2 Å². The third kappa shape index (κ3) is 4.22. The van der Waals surface area contributed by atoms with Crippen LogP contribution in [0.4, 0.5) is 5.69 Å². The van der Waals surface area contributed by atoms with E-state index < -0.39 is 0 Å². The third-order valence-corrected chi connectivity index (χ3v) is 3.68. The minimum atomic E-state index is 0.113. The highest BCUT2D eigenvalue weighted by molar-refractivity contribution is 5.56. The van der Waals surface area contributed by atoms with Crippen LogP contribution in [0.2, 0.25) is 0 Å². The molecule has 1 aromatic rings. The van der Waals surface area contributed by atoms with E-state index in [1.54, 1.807) is 0 Å². The molecule has 2 rings (SSSR count). The quantitative estimate of drug-likeness (QED) is 0.838. The molecule has 1 aliphatic carbocycles. The van der Waals surface area contributed by atoms with Crippen molar-refractivity contribution in [2.75, 3.05) is 18.1 Å². The van der Waals surface area contributed by atoms with E-state index in [4.69, 9.17) is 0 Å². The summed E-state index contributed by atoms with van der Waals surface area (Å²) in [6.07, 6.45) is 2.50. The first-order valence-corrected chi connectivity index (χ1v) is 7.63. The summed E-state index contributed by atoms with van der Waals surface area (Å²) in [5.74, 6) is 0. The predicted octanol–water partition coefficient (Wildman–Crippen LogP) is 2.84. The van der Waals surface area contributed by atoms with Gasteiger partial charge >= 0.3 is 0 Å². The topological polar surface area (TPSA) is 35.5 Å². The van der Waals surface area contributed by atoms with E-state index in [0.717, 1.165) is 13.1 Å². The molecule has 2 N–H and O–H groups in total. The van der Waals surface area contributed by atoms with Crippen LogP contribution in [-0.2, 0) is 6.54 Å². The minimum Gasteiger partial charge on any atom is -0.395 e. The molecule has 1 aromatic carbocycles. The Kier molecular flexibility index (Phi) is 4.71. The van der Waals surface area contributed by atoms with Crippen molar-refractivity contribution in [1.82, 2.24) is 5.32 Å². The minimum absolute atomic E-state index is 0.113. The van der Waals surface area contributed by atoms with Crippen LogP contribution >= 0.6 is 0 Å². The van der Waals surface area contributed by atoms with Crippen molar-refractivity contribution in [3.63, 3.8) is 0 Å². The molecule has 3 heteroatoms. The maximum atomic E-state index is 9.32. The number of aliphatic hydroxyl groups excluding tert-OH is 1. The lowest BCUT2D eigenvalue weighted by Gasteiger charge is -2.28. The zero-order valence-corrected chi connectivity index (χ0v) is 13.2. The van der Waals surface area contributed by atoms with E-state index in [1.807, 2.05) is 0 Å². The van der Waals surface area contributed by atoms with E-state index in [2.05, 4.69) is 56.1 Å². The van der Waals surface area contributed by atoms with E-state index in [9.17, 15) is 5.11 Å². The fraction of sp³-hybridized carbons (Fsp3) is 0.647. The number of aliphatic hydroxyl groups is 1. The lowest BCUT2D eigenvalue weighted by Crippen LogP contribution is -2.36. The molecule has 0 bridgehead atoms. The maximum Gasteiger partial charge on any atom is 0.0606 e. The molecule has 0 saturated heterocycles. The molecule has 0 unspecified atom stereocenters. The normalized spacial score (nSPS) is 15.4. The highest BCUT2D eigenvalue weighted by atomic mass is 16.3. The number of anilines is 1. The second-order valence-electron chi connectivity index (χ2n) is 6.88. The number of hydrogen-bond acceptors (Lipinski definition) is 3. The number of hydrogen-bond donors (Lipinski definition) is 2. The number of rotatable bonds is 6. The van der Waals surface area contributed by atoms with E-state index in [-0.39, 0.29) is 12.1 Å². The fourth-order valence-corrected chi connectivity index (χ4v) is 2.49. The summed E-state index contributed by atoms with van der Waals surface area (Å²) >= 11 is 0. The first-order chi connectivity index (χ1) is 9.40. The third-order valence-electron chi connectivity index (χ3n) is 3.68. The van der Waals surface area contributed by atoms with Crippen molar-refractivity contribution >= 4 is 5.69 Å². The van der Waals surface area contributed by atoms with Crippen molar-refractivity contribution in [3.05, 3.63) is 29.3 Å². The fourth-order valence-electron chi connectivity index (χ4n) is 2.49. The van der Waals surface area contributed by atoms with Crippen molar-refractivity contribution in [2.24, 2.45) is 0 Å². The summed E-state index contributed by atoms with van der Waals surface area (Å²) in [6, 6.07) is 7.27. The molecule has 0 heterocycles. The van der Waals surface area contributed by atoms with Crippen molar-refractivity contribution in [2.45, 2.75) is 58.7 Å². The molecular formula is C17H28N2O. The van der Waals surface area contributed by atoms with Gasteiger partial charge in [0, 0.05) is 30.4 Å². The van der Waals surface area contributed by atoms with Crippen LogP contribution < -0.4 is 10.2 Å². The Labute approximate surface area is 123 Å². The smallest absolute Gasteiger partial charge is 0.0606 e. The molecule has 0 aromatic heterocycles. The highest BCUT2D eigenvalue weighted by Gasteiger charge is 2.30. The zero-order chi connectivity index (χ0) is 14.8. The van der Waals surface area contributed by atoms with Crippen LogP contribution in [0.3, 0.4) is 0 Å². The summed E-state index contributed by atoms with van der Waals surface area (Å²) in [7, 11) is 0. The summed E-state index contributed by atoms with van der Waals surface area (Å²) in [4.78, 5) is 2.37. The molecule has 3 nitrogen and oxygen atoms in total. The first-order valence-electron chi connectivity index (χ1n) is 7.63. The van der Waals surface area contributed by atoms with Gasteiger partial charge in [-0.2, -0.15) is 0 Å². The predicted molar refractivity (Wildman–Crippen MR) is 85.2 cm³/mol. The van der Waals surface area contributed by atoms with Gasteiger partial charge in [-0.05, 0) is 52.2 Å². The molecular weight excluding hydrogens is 248 g/mol. The summed E-state index contributed by atoms with van der Waals surface area (Å²) in [5, 5.41) is 12.9. The zero-order valence-electron chi connectivity index (χ0n) is 13.2. The first kappa shape index (κ1) is 15.3. The number of benzene rings is 1. The number of nitrogens with zero attached hydrogens (tertiary/aromatic N) is 1. The summed E-state index contributed by atoms with van der Waals surface area (Å²) in [6.45, 7) is 10.5. The average molecular weight is 276 g/mol. The van der Waals surface area contributed by atoms with Crippen LogP contribution in [0, 0.1) is 6.92 Å². The summed E-state index contributed by atoms with van der Waals surface area (Å²) < 4.78 is 0. The molecule has 1 aliphatic rings. The van der Waals surface area contributed by atoms with Crippen LogP contribution in [0.5, 0.6) is 0 Å². The molecule has 1 saturated carbocycles. The molecule has 1 fully saturated rings. The molecule has 0 amide bonds. The highest BCUT2D eigenvalue weighted by Crippen LogP contribution is 2.33. The monoisotopic (exact) mass is 276 g/mol. The van der Waals surface area contributed by atoms with Gasteiger partial charge in [-0.3, -0.25) is 0 Å². The van der Waals surface area contributed by atoms with Crippen LogP contribution in [-0.4, -0.2) is 29.8 Å². The van der Waals surface area contributed by atoms with E-state index in [1.165, 1.54) is 29.7 Å². The van der Waals surface area contributed by atoms with Crippen molar-refractivity contribution in [1.29, 1.82) is 0 Å². The number of aryl methyl sites for hydroxylation is 1.